The largest absolute Gasteiger partial charge is 0.481 e. The third kappa shape index (κ3) is 2.74. The van der Waals surface area contributed by atoms with E-state index in [-0.39, 0.29) is 17.9 Å². The van der Waals surface area contributed by atoms with E-state index in [9.17, 15) is 15.2 Å². The van der Waals surface area contributed by atoms with Crippen LogP contribution in [0.4, 0.5) is 0 Å². The summed E-state index contributed by atoms with van der Waals surface area (Å²) in [7, 11) is 0. The summed E-state index contributed by atoms with van der Waals surface area (Å²) in [4.78, 5) is 29.0. The summed E-state index contributed by atoms with van der Waals surface area (Å²) in [6.45, 7) is 0. The van der Waals surface area contributed by atoms with Gasteiger partial charge in [-0.25, -0.2) is 15.0 Å². The van der Waals surface area contributed by atoms with Crippen molar-refractivity contribution in [2.75, 3.05) is 0 Å². The van der Waals surface area contributed by atoms with E-state index < -0.39 is 11.9 Å². The van der Waals surface area contributed by atoms with Crippen LogP contribution in [0, 0.1) is 29.1 Å². The smallest absolute Gasteiger partial charge is 0.308 e. The zero-order chi connectivity index (χ0) is 22.0. The second-order valence-corrected chi connectivity index (χ2v) is 9.21. The average Bonchev–Trinajstić information content (AvgIpc) is 3.39. The minimum Gasteiger partial charge on any atom is -0.481 e. The number of hydrogen-bond acceptors (Lipinski definition) is 5. The van der Waals surface area contributed by atoms with Crippen molar-refractivity contribution in [3.63, 3.8) is 0 Å². The highest BCUT2D eigenvalue weighted by atomic mass is 35.5. The monoisotopic (exact) mass is 446 g/mol. The van der Waals surface area contributed by atoms with E-state index in [2.05, 4.69) is 21.0 Å². The van der Waals surface area contributed by atoms with Crippen molar-refractivity contribution in [3.05, 3.63) is 41.4 Å². The summed E-state index contributed by atoms with van der Waals surface area (Å²) < 4.78 is 1.94. The first kappa shape index (κ1) is 19.3. The lowest BCUT2D eigenvalue weighted by molar-refractivity contribution is -0.151. The highest BCUT2D eigenvalue weighted by Gasteiger charge is 2.48. The molecule has 0 unspecified atom stereocenters. The summed E-state index contributed by atoms with van der Waals surface area (Å²) in [5.74, 6) is -0.341. The number of hydrogen-bond donors (Lipinski definition) is 2. The third-order valence-corrected chi connectivity index (χ3v) is 7.42. The van der Waals surface area contributed by atoms with E-state index in [1.54, 1.807) is 24.8 Å². The Balaban J connectivity index is 1.56. The zero-order valence-corrected chi connectivity index (χ0v) is 17.8. The van der Waals surface area contributed by atoms with Crippen molar-refractivity contribution in [1.29, 1.82) is 5.26 Å². The topological polar surface area (TPSA) is 120 Å². The molecule has 32 heavy (non-hydrogen) atoms. The number of aromatic amines is 1. The van der Waals surface area contributed by atoms with Gasteiger partial charge in [0.1, 0.15) is 17.4 Å². The highest BCUT2D eigenvalue weighted by Crippen LogP contribution is 2.52. The number of carboxylic acid groups (broad SMARTS) is 1. The lowest BCUT2D eigenvalue weighted by atomic mass is 9.61. The van der Waals surface area contributed by atoms with Crippen molar-refractivity contribution in [3.8, 4) is 17.5 Å². The Morgan fingerprint density at radius 2 is 1.97 bits per heavy atom. The minimum atomic E-state index is -0.767. The summed E-state index contributed by atoms with van der Waals surface area (Å²) in [6.07, 6.45) is 10.7. The van der Waals surface area contributed by atoms with Crippen LogP contribution in [0.1, 0.15) is 37.3 Å². The van der Waals surface area contributed by atoms with Crippen molar-refractivity contribution >= 4 is 39.6 Å². The fraction of sp³-hybridized carbons (Fsp3) is 0.348. The van der Waals surface area contributed by atoms with Crippen LogP contribution in [0.5, 0.6) is 0 Å². The second-order valence-electron chi connectivity index (χ2n) is 8.77. The Hall–Kier alpha value is -3.44. The van der Waals surface area contributed by atoms with Crippen LogP contribution in [0.2, 0.25) is 5.02 Å². The van der Waals surface area contributed by atoms with Gasteiger partial charge in [-0.2, -0.15) is 5.26 Å². The molecular formula is C23H19ClN6O2. The molecule has 2 N–H and O–H groups in total. The molecule has 4 aromatic rings. The Morgan fingerprint density at radius 1 is 1.19 bits per heavy atom. The van der Waals surface area contributed by atoms with Crippen molar-refractivity contribution in [2.24, 2.45) is 17.8 Å². The Kier molecular flexibility index (Phi) is 4.24. The van der Waals surface area contributed by atoms with Crippen molar-refractivity contribution in [1.82, 2.24) is 24.5 Å². The number of halogens is 1. The third-order valence-electron chi connectivity index (χ3n) is 7.21. The van der Waals surface area contributed by atoms with E-state index in [1.165, 1.54) is 0 Å². The molecule has 2 bridgehead atoms. The Morgan fingerprint density at radius 3 is 2.72 bits per heavy atom. The fourth-order valence-electron chi connectivity index (χ4n) is 5.80. The van der Waals surface area contributed by atoms with E-state index in [4.69, 9.17) is 16.6 Å². The molecule has 0 radical (unpaired) electrons. The summed E-state index contributed by atoms with van der Waals surface area (Å²) >= 11 is 6.15. The number of H-pyrrole nitrogens is 1. The predicted octanol–water partition coefficient (Wildman–Crippen LogP) is 4.56. The second kappa shape index (κ2) is 7.04. The molecule has 4 heterocycles. The van der Waals surface area contributed by atoms with Crippen LogP contribution in [-0.2, 0) is 4.79 Å². The number of rotatable bonds is 3. The van der Waals surface area contributed by atoms with E-state index in [0.717, 1.165) is 36.6 Å². The fourth-order valence-corrected chi connectivity index (χ4v) is 5.96. The number of nitrogens with one attached hydrogen (secondary N) is 1. The van der Waals surface area contributed by atoms with Crippen molar-refractivity contribution in [2.45, 2.75) is 31.7 Å². The maximum absolute atomic E-state index is 12.2. The van der Waals surface area contributed by atoms with Gasteiger partial charge in [-0.1, -0.05) is 11.6 Å². The van der Waals surface area contributed by atoms with Gasteiger partial charge in [-0.05, 0) is 43.6 Å². The van der Waals surface area contributed by atoms with Gasteiger partial charge in [-0.15, -0.1) is 0 Å². The lowest BCUT2D eigenvalue weighted by Crippen LogP contribution is -2.44. The molecule has 0 aliphatic heterocycles. The first-order valence-electron chi connectivity index (χ1n) is 10.7. The quantitative estimate of drug-likeness (QED) is 0.475. The Bertz CT molecular complexity index is 1430. The van der Waals surface area contributed by atoms with Gasteiger partial charge >= 0.3 is 5.97 Å². The predicted molar refractivity (Wildman–Crippen MR) is 118 cm³/mol. The van der Waals surface area contributed by atoms with Crippen LogP contribution in [0.25, 0.3) is 33.5 Å². The molecule has 160 valence electrons. The van der Waals surface area contributed by atoms with E-state index in [1.807, 2.05) is 10.6 Å². The van der Waals surface area contributed by atoms with Gasteiger partial charge in [0.05, 0.1) is 27.9 Å². The summed E-state index contributed by atoms with van der Waals surface area (Å²) in [5.41, 5.74) is 2.49. The first-order valence-corrected chi connectivity index (χ1v) is 11.1. The normalized spacial score (nSPS) is 24.8. The first-order chi connectivity index (χ1) is 15.5. The van der Waals surface area contributed by atoms with Gasteiger partial charge in [-0.3, -0.25) is 4.79 Å². The number of carbonyl (C=O) groups is 1. The molecule has 7 rings (SSSR count). The van der Waals surface area contributed by atoms with E-state index in [0.29, 0.717) is 33.1 Å². The molecule has 3 fully saturated rings. The van der Waals surface area contributed by atoms with E-state index >= 15 is 0 Å². The number of pyridine rings is 1. The standard InChI is InChI=1S/C23H19ClN6O2/c24-14-5-15-17(9-27-20(15)26-7-14)21-28-8-16-13(6-25)10-30(22(16)29-21)19-12-3-1-11(2-4-12)18(19)23(31)32/h5,7-12,18-19H,1-4H2,(H,26,27)(H,31,32)/t11?,12?,18-,19-/m1/s1. The molecule has 0 amide bonds. The number of aromatic nitrogens is 5. The molecule has 0 aromatic carbocycles. The average molecular weight is 447 g/mol. The summed E-state index contributed by atoms with van der Waals surface area (Å²) in [6, 6.07) is 3.82. The minimum absolute atomic E-state index is 0.161. The molecule has 8 nitrogen and oxygen atoms in total. The molecule has 3 aliphatic rings. The SMILES string of the molecule is N#Cc1cn([C@@H]2C3CCC(CC3)[C@H]2C(=O)O)c2nc(-c3c[nH]c4ncc(Cl)cc34)ncc12. The molecule has 0 saturated heterocycles. The number of fused-ring (bicyclic) bond motifs is 5. The molecule has 9 heteroatoms. The maximum Gasteiger partial charge on any atom is 0.308 e. The van der Waals surface area contributed by atoms with Crippen LogP contribution >= 0.6 is 11.6 Å². The van der Waals surface area contributed by atoms with Gasteiger partial charge in [0.15, 0.2) is 5.82 Å². The maximum atomic E-state index is 12.2. The van der Waals surface area contributed by atoms with Crippen LogP contribution in [0.3, 0.4) is 0 Å². The number of nitrogens with zero attached hydrogens (tertiary/aromatic N) is 5. The highest BCUT2D eigenvalue weighted by molar-refractivity contribution is 6.31. The molecule has 2 atom stereocenters. The molecule has 0 spiro atoms. The lowest BCUT2D eigenvalue weighted by Gasteiger charge is -2.47. The van der Waals surface area contributed by atoms with Gasteiger partial charge in [0.25, 0.3) is 0 Å². The summed E-state index contributed by atoms with van der Waals surface area (Å²) in [5, 5.41) is 21.7. The number of carboxylic acids is 1. The van der Waals surface area contributed by atoms with Crippen LogP contribution in [0.15, 0.2) is 30.9 Å². The number of nitriles is 1. The van der Waals surface area contributed by atoms with Gasteiger partial charge in [0, 0.05) is 35.7 Å². The van der Waals surface area contributed by atoms with Gasteiger partial charge in [0.2, 0.25) is 0 Å². The number of aliphatic carboxylic acids is 1. The van der Waals surface area contributed by atoms with Crippen LogP contribution in [-0.4, -0.2) is 35.6 Å². The molecular weight excluding hydrogens is 428 g/mol. The zero-order valence-electron chi connectivity index (χ0n) is 17.0. The van der Waals surface area contributed by atoms with Crippen LogP contribution < -0.4 is 0 Å². The molecule has 4 aromatic heterocycles. The molecule has 3 aliphatic carbocycles. The molecule has 3 saturated carbocycles. The Labute approximate surface area is 187 Å². The van der Waals surface area contributed by atoms with Gasteiger partial charge < -0.3 is 14.7 Å². The van der Waals surface area contributed by atoms with Crippen molar-refractivity contribution < 1.29 is 9.90 Å².